The third-order valence-electron chi connectivity index (χ3n) is 0.115. The second-order valence-corrected chi connectivity index (χ2v) is 0.346. The van der Waals surface area contributed by atoms with Crippen molar-refractivity contribution in [3.8, 4) is 0 Å². The van der Waals surface area contributed by atoms with Crippen LogP contribution in [-0.2, 0) is 0 Å². The van der Waals surface area contributed by atoms with Crippen LogP contribution < -0.4 is 5.84 Å². The van der Waals surface area contributed by atoms with E-state index in [9.17, 15) is 0 Å². The molecule has 0 aromatic carbocycles. The molecule has 5 heavy (non-hydrogen) atoms. The van der Waals surface area contributed by atoms with Crippen LogP contribution in [0.2, 0.25) is 0 Å². The second kappa shape index (κ2) is 3.07. The first kappa shape index (κ1) is 4.07. The molecule has 0 bridgehead atoms. The zero-order chi connectivity index (χ0) is 4.12. The quantitative estimate of drug-likeness (QED) is 0.200. The Morgan fingerprint density at radius 1 is 1.60 bits per heavy atom. The van der Waals surface area contributed by atoms with Crippen molar-refractivity contribution in [2.24, 2.45) is 21.4 Å². The van der Waals surface area contributed by atoms with Gasteiger partial charge in [-0.1, -0.05) is 5.22 Å². The Hall–Kier alpha value is -0.930. The van der Waals surface area contributed by atoms with Gasteiger partial charge in [-0.05, 0) is 5.22 Å². The van der Waals surface area contributed by atoms with Gasteiger partial charge in [-0.3, -0.25) is 0 Å². The summed E-state index contributed by atoms with van der Waals surface area (Å²) in [6.07, 6.45) is 0. The van der Waals surface area contributed by atoms with Crippen molar-refractivity contribution in [3.05, 3.63) is 0 Å². The van der Waals surface area contributed by atoms with Gasteiger partial charge < -0.3 is 5.84 Å². The van der Waals surface area contributed by atoms with Gasteiger partial charge in [-0.2, -0.15) is 0 Å². The van der Waals surface area contributed by atoms with E-state index in [1.165, 1.54) is 0 Å². The van der Waals surface area contributed by atoms with Gasteiger partial charge in [-0.15, -0.1) is 5.10 Å². The first-order chi connectivity index (χ1) is 2.41. The predicted molar refractivity (Wildman–Crippen MR) is 18.6 cm³/mol. The fourth-order valence-corrected chi connectivity index (χ4v) is 0.0365. The van der Waals surface area contributed by atoms with Gasteiger partial charge in [0, 0.05) is 6.72 Å². The van der Waals surface area contributed by atoms with Crippen molar-refractivity contribution in [1.82, 2.24) is 0 Å². The molecule has 0 atom stereocenters. The van der Waals surface area contributed by atoms with Crippen molar-refractivity contribution in [2.45, 2.75) is 0 Å². The minimum Gasteiger partial charge on any atom is -0.303 e. The van der Waals surface area contributed by atoms with Crippen LogP contribution in [0.1, 0.15) is 0 Å². The van der Waals surface area contributed by atoms with E-state index >= 15 is 0 Å². The van der Waals surface area contributed by atoms with Gasteiger partial charge in [-0.25, -0.2) is 0 Å². The molecular formula is CH4N4. The smallest absolute Gasteiger partial charge is 0.0151 e. The lowest BCUT2D eigenvalue weighted by Crippen LogP contribution is -1.70. The van der Waals surface area contributed by atoms with Crippen molar-refractivity contribution in [3.63, 3.8) is 0 Å². The van der Waals surface area contributed by atoms with E-state index in [2.05, 4.69) is 28.1 Å². The van der Waals surface area contributed by atoms with E-state index in [4.69, 9.17) is 0 Å². The molecule has 0 saturated heterocycles. The summed E-state index contributed by atoms with van der Waals surface area (Å²) in [6.45, 7) is 2.96. The Morgan fingerprint density at radius 3 is 2.20 bits per heavy atom. The number of hydrogen-bond acceptors (Lipinski definition) is 2. The van der Waals surface area contributed by atoms with Crippen molar-refractivity contribution in [1.29, 1.82) is 0 Å². The summed E-state index contributed by atoms with van der Waals surface area (Å²) in [5, 5.41) is 8.58. The second-order valence-electron chi connectivity index (χ2n) is 0.346. The third-order valence-corrected chi connectivity index (χ3v) is 0.115. The first-order valence-electron chi connectivity index (χ1n) is 0.974. The van der Waals surface area contributed by atoms with Crippen LogP contribution in [0.25, 0.3) is 0 Å². The minimum atomic E-state index is 2.75. The average Bonchev–Trinajstić information content (AvgIpc) is 1.41. The molecule has 0 radical (unpaired) electrons. The summed E-state index contributed by atoms with van der Waals surface area (Å²) in [6, 6.07) is 0. The molecule has 2 N–H and O–H groups in total. The summed E-state index contributed by atoms with van der Waals surface area (Å²) in [7, 11) is 0. The maximum Gasteiger partial charge on any atom is 0.0151 e. The maximum absolute atomic E-state index is 4.46. The van der Waals surface area contributed by atoms with Gasteiger partial charge in [0.2, 0.25) is 0 Å². The SMILES string of the molecule is C=NN=NN. The summed E-state index contributed by atoms with van der Waals surface area (Å²) in [5.41, 5.74) is 0. The summed E-state index contributed by atoms with van der Waals surface area (Å²) in [5.74, 6) is 4.46. The Kier molecular flexibility index (Phi) is 2.50. The fourth-order valence-electron chi connectivity index (χ4n) is 0.0365. The Balaban J connectivity index is 2.92. The molecule has 0 spiro atoms. The molecule has 0 aromatic heterocycles. The van der Waals surface area contributed by atoms with Crippen molar-refractivity contribution < 1.29 is 0 Å². The maximum atomic E-state index is 4.46. The van der Waals surface area contributed by atoms with E-state index in [0.29, 0.717) is 0 Å². The van der Waals surface area contributed by atoms with E-state index in [1.807, 2.05) is 0 Å². The standard InChI is InChI=1S/CH4N4/c1-3-5-4-2/h1H2,(H2,2,5). The molecule has 0 amide bonds. The number of rotatable bonds is 1. The molecule has 0 unspecified atom stereocenters. The minimum absolute atomic E-state index is 2.75. The normalized spacial score (nSPS) is 8.80. The third kappa shape index (κ3) is 3.07. The van der Waals surface area contributed by atoms with Crippen molar-refractivity contribution in [2.75, 3.05) is 0 Å². The van der Waals surface area contributed by atoms with Crippen LogP contribution in [0.5, 0.6) is 0 Å². The summed E-state index contributed by atoms with van der Waals surface area (Å²) in [4.78, 5) is 0. The molecule has 0 fully saturated rings. The van der Waals surface area contributed by atoms with Gasteiger partial charge >= 0.3 is 0 Å². The molecule has 0 aromatic rings. The Bertz CT molecular complexity index is 45.6. The Labute approximate surface area is 29.4 Å². The fraction of sp³-hybridized carbons (Fsp3) is 0. The summed E-state index contributed by atoms with van der Waals surface area (Å²) < 4.78 is 0. The number of hydrogen-bond donors (Lipinski definition) is 1. The molecule has 0 aliphatic heterocycles. The number of nitrogens with two attached hydrogens (primary N) is 1. The van der Waals surface area contributed by atoms with E-state index < -0.39 is 0 Å². The van der Waals surface area contributed by atoms with Crippen LogP contribution >= 0.6 is 0 Å². The lowest BCUT2D eigenvalue weighted by atomic mass is 11.7. The predicted octanol–water partition coefficient (Wildman–Crippen LogP) is -0.0721. The molecule has 0 rings (SSSR count). The van der Waals surface area contributed by atoms with Crippen molar-refractivity contribution >= 4 is 6.72 Å². The molecule has 0 heterocycles. The molecular weight excluding hydrogens is 68.0 g/mol. The first-order valence-corrected chi connectivity index (χ1v) is 0.974. The zero-order valence-electron chi connectivity index (χ0n) is 2.63. The largest absolute Gasteiger partial charge is 0.303 e. The molecule has 28 valence electrons. The van der Waals surface area contributed by atoms with Crippen LogP contribution in [0.4, 0.5) is 0 Å². The Morgan fingerprint density at radius 2 is 2.20 bits per heavy atom. The van der Waals surface area contributed by atoms with Gasteiger partial charge in [0.25, 0.3) is 0 Å². The van der Waals surface area contributed by atoms with E-state index in [1.54, 1.807) is 0 Å². The van der Waals surface area contributed by atoms with Gasteiger partial charge in [0.1, 0.15) is 0 Å². The van der Waals surface area contributed by atoms with Gasteiger partial charge in [0.05, 0.1) is 0 Å². The van der Waals surface area contributed by atoms with Crippen LogP contribution in [0.15, 0.2) is 15.5 Å². The highest BCUT2D eigenvalue weighted by Crippen LogP contribution is 1.58. The highest BCUT2D eigenvalue weighted by Gasteiger charge is 1.40. The molecule has 0 aliphatic rings. The average molecular weight is 72.1 g/mol. The molecule has 0 saturated carbocycles. The number of nitrogens with zero attached hydrogens (tertiary/aromatic N) is 3. The lowest BCUT2D eigenvalue weighted by Gasteiger charge is -1.58. The van der Waals surface area contributed by atoms with Crippen LogP contribution in [0.3, 0.4) is 0 Å². The monoisotopic (exact) mass is 72.0 g/mol. The van der Waals surface area contributed by atoms with Crippen LogP contribution in [-0.4, -0.2) is 6.72 Å². The zero-order valence-corrected chi connectivity index (χ0v) is 2.63. The molecule has 4 nitrogen and oxygen atoms in total. The van der Waals surface area contributed by atoms with Gasteiger partial charge in [0.15, 0.2) is 0 Å². The van der Waals surface area contributed by atoms with E-state index in [0.717, 1.165) is 0 Å². The van der Waals surface area contributed by atoms with Crippen LogP contribution in [0, 0.1) is 0 Å². The topological polar surface area (TPSA) is 63.1 Å². The lowest BCUT2D eigenvalue weighted by molar-refractivity contribution is 0.964. The molecule has 0 aliphatic carbocycles. The summed E-state index contributed by atoms with van der Waals surface area (Å²) >= 11 is 0. The highest BCUT2D eigenvalue weighted by atomic mass is 15.4. The molecule has 4 heteroatoms. The highest BCUT2D eigenvalue weighted by molar-refractivity contribution is 5.22. The van der Waals surface area contributed by atoms with E-state index in [-0.39, 0.29) is 0 Å².